The zero-order valence-corrected chi connectivity index (χ0v) is 28.2. The molecule has 0 radical (unpaired) electrons. The minimum atomic E-state index is -2.15. The second-order valence-electron chi connectivity index (χ2n) is 10.7. The summed E-state index contributed by atoms with van der Waals surface area (Å²) in [6.45, 7) is 11.3. The average Bonchev–Trinajstić information content (AvgIpc) is 2.42. The van der Waals surface area contributed by atoms with Crippen molar-refractivity contribution in [3.05, 3.63) is 0 Å². The molecule has 0 aromatic heterocycles. The molecule has 1 unspecified atom stereocenters. The molecule has 0 aliphatic carbocycles. The van der Waals surface area contributed by atoms with E-state index in [0.29, 0.717) is 3.33 Å². The van der Waals surface area contributed by atoms with Gasteiger partial charge in [-0.3, -0.25) is 0 Å². The fourth-order valence-electron chi connectivity index (χ4n) is 6.39. The number of aliphatic hydroxyl groups excluding tert-OH is 1. The summed E-state index contributed by atoms with van der Waals surface area (Å²) >= 11 is -6.39. The van der Waals surface area contributed by atoms with Crippen LogP contribution in [-0.2, 0) is 0 Å². The van der Waals surface area contributed by atoms with Gasteiger partial charge in [0.25, 0.3) is 0 Å². The Labute approximate surface area is 168 Å². The maximum atomic E-state index is 7.00. The van der Waals surface area contributed by atoms with Crippen LogP contribution in [0.3, 0.4) is 0 Å². The van der Waals surface area contributed by atoms with Crippen LogP contribution in [0.5, 0.6) is 0 Å². The van der Waals surface area contributed by atoms with Crippen molar-refractivity contribution in [3.8, 4) is 0 Å². The maximum Gasteiger partial charge on any atom is 0.0319 e. The van der Waals surface area contributed by atoms with Crippen LogP contribution >= 0.6 is 0 Å². The van der Waals surface area contributed by atoms with Crippen molar-refractivity contribution in [2.45, 2.75) is 96.0 Å². The third kappa shape index (κ3) is 5.07. The molecule has 146 valence electrons. The second kappa shape index (κ2) is 10.3. The van der Waals surface area contributed by atoms with Crippen LogP contribution in [0.25, 0.3) is 0 Å². The number of aliphatic hydroxyl groups is 1. The van der Waals surface area contributed by atoms with E-state index in [0.717, 1.165) is 15.3 Å². The Morgan fingerprint density at radius 1 is 0.667 bits per heavy atom. The summed E-state index contributed by atoms with van der Waals surface area (Å²) in [5.74, 6) is 0. The predicted octanol–water partition coefficient (Wildman–Crippen LogP) is 7.13. The molecule has 0 aromatic carbocycles. The monoisotopic (exact) mass is 664 g/mol. The van der Waals surface area contributed by atoms with Crippen molar-refractivity contribution < 1.29 is 5.11 Å². The minimum absolute atomic E-state index is 0.716. The predicted molar refractivity (Wildman–Crippen MR) is 126 cm³/mol. The molecule has 0 saturated heterocycles. The molecule has 0 aromatic rings. The first-order valence-corrected chi connectivity index (χ1v) is 40.0. The largest absolute Gasteiger partial charge is 0.400 e. The van der Waals surface area contributed by atoms with E-state index >= 15 is 0 Å². The molecular weight excluding hydrogens is 611 g/mol. The fourth-order valence-corrected chi connectivity index (χ4v) is 106. The molecule has 0 amide bonds. The third-order valence-corrected chi connectivity index (χ3v) is 71.2. The Kier molecular flexibility index (Phi) is 12.3. The number of rotatable bonds is 8. The van der Waals surface area contributed by atoms with Crippen LogP contribution in [0.1, 0.15) is 34.1 Å². The summed E-state index contributed by atoms with van der Waals surface area (Å²) < 4.78 is 1.48. The molecule has 1 nitrogen and oxygen atoms in total. The molecule has 0 bridgehead atoms. The smallest absolute Gasteiger partial charge is 0.0319 e. The molecule has 24 heavy (non-hydrogen) atoms. The maximum absolute atomic E-state index is 7.00. The van der Waals surface area contributed by atoms with Crippen LogP contribution in [0.4, 0.5) is 0 Å². The summed E-state index contributed by atoms with van der Waals surface area (Å²) in [5.41, 5.74) is 0. The Balaban J connectivity index is 0. The Hall–Kier alpha value is 2.42. The quantitative estimate of drug-likeness (QED) is 0.275. The number of hydrogen-bond donors (Lipinski definition) is 1. The first-order chi connectivity index (χ1) is 10.6. The molecule has 0 spiro atoms. The van der Waals surface area contributed by atoms with Gasteiger partial charge in [0.05, 0.1) is 0 Å². The van der Waals surface area contributed by atoms with Crippen molar-refractivity contribution in [1.82, 2.24) is 0 Å². The van der Waals surface area contributed by atoms with Gasteiger partial charge in [-0.25, -0.2) is 0 Å². The van der Waals surface area contributed by atoms with E-state index in [1.165, 1.54) is 19.1 Å². The van der Waals surface area contributed by atoms with E-state index in [4.69, 9.17) is 5.11 Å². The van der Waals surface area contributed by atoms with Crippen molar-refractivity contribution in [2.24, 2.45) is 0 Å². The summed E-state index contributed by atoms with van der Waals surface area (Å²) in [5, 5.41) is 7.00. The van der Waals surface area contributed by atoms with Crippen molar-refractivity contribution in [2.75, 3.05) is 7.11 Å². The second-order valence-corrected chi connectivity index (χ2v) is 61.6. The molecule has 1 atom stereocenters. The van der Waals surface area contributed by atoms with E-state index in [1.54, 1.807) is 0 Å². The van der Waals surface area contributed by atoms with Gasteiger partial charge < -0.3 is 5.11 Å². The molecule has 0 rings (SSSR count). The summed E-state index contributed by atoms with van der Waals surface area (Å²) in [4.78, 5) is 24.9. The van der Waals surface area contributed by atoms with Crippen LogP contribution in [0.15, 0.2) is 0 Å². The van der Waals surface area contributed by atoms with Gasteiger partial charge in [-0.15, -0.1) is 0 Å². The average molecular weight is 661 g/mol. The minimum Gasteiger partial charge on any atom is -0.400 e. The topological polar surface area (TPSA) is 20.2 Å². The standard InChI is InChI=1S/C9H18B.CH4O.9CH3.3Sn/c1-5-9(6-2)10(7-3)8-4;1-2;;;;;;;;;;;;/h5,7-8H2,1-4H3;2H,1H3;9*1H3;;;. The summed E-state index contributed by atoms with van der Waals surface area (Å²) in [6.07, 6.45) is 4.26. The normalized spacial score (nSPS) is 16.1. The SMILES string of the molecule is CCB(CC)[C](CC)([C](C)([Sn]([CH3])([CH3])[CH3])[Sn]([CH3])([CH3])[CH3])[Sn]([CH3])([CH3])[CH3].CO. The van der Waals surface area contributed by atoms with Crippen LogP contribution < -0.4 is 0 Å². The number of hydrogen-bond acceptors (Lipinski definition) is 1. The molecule has 0 aliphatic heterocycles. The van der Waals surface area contributed by atoms with Gasteiger partial charge in [0.15, 0.2) is 0 Å². The van der Waals surface area contributed by atoms with E-state index in [1.807, 2.05) is 0 Å². The van der Waals surface area contributed by atoms with Crippen LogP contribution in [0.2, 0.25) is 61.9 Å². The Bertz CT molecular complexity index is 348. The summed E-state index contributed by atoms with van der Waals surface area (Å²) in [6, 6.07) is 0. The first-order valence-electron chi connectivity index (χ1n) is 10.0. The summed E-state index contributed by atoms with van der Waals surface area (Å²) in [7, 11) is 1.00. The zero-order chi connectivity index (χ0) is 20.2. The van der Waals surface area contributed by atoms with E-state index in [9.17, 15) is 0 Å². The molecule has 0 aliphatic rings. The van der Waals surface area contributed by atoms with Crippen molar-refractivity contribution in [3.63, 3.8) is 0 Å². The van der Waals surface area contributed by atoms with Crippen LogP contribution in [-0.4, -0.2) is 74.1 Å². The van der Waals surface area contributed by atoms with Crippen LogP contribution in [0, 0.1) is 0 Å². The zero-order valence-electron chi connectivity index (χ0n) is 19.6. The Morgan fingerprint density at radius 3 is 1.08 bits per heavy atom. The Morgan fingerprint density at radius 2 is 0.958 bits per heavy atom. The van der Waals surface area contributed by atoms with Gasteiger partial charge in [0.2, 0.25) is 0 Å². The molecule has 0 fully saturated rings. The van der Waals surface area contributed by atoms with Gasteiger partial charge in [0, 0.05) is 7.11 Å². The van der Waals surface area contributed by atoms with E-state index < -0.39 is 55.1 Å². The van der Waals surface area contributed by atoms with Gasteiger partial charge >= 0.3 is 158 Å². The van der Waals surface area contributed by atoms with Crippen molar-refractivity contribution in [1.29, 1.82) is 0 Å². The van der Waals surface area contributed by atoms with Gasteiger partial charge in [-0.2, -0.15) is 0 Å². The van der Waals surface area contributed by atoms with E-state index in [-0.39, 0.29) is 0 Å². The van der Waals surface area contributed by atoms with Gasteiger partial charge in [0.1, 0.15) is 0 Å². The van der Waals surface area contributed by atoms with Gasteiger partial charge in [-0.05, 0) is 0 Å². The van der Waals surface area contributed by atoms with Gasteiger partial charge in [-0.1, -0.05) is 0 Å². The van der Waals surface area contributed by atoms with E-state index in [2.05, 4.69) is 72.2 Å². The molecule has 1 N–H and O–H groups in total. The first kappa shape index (κ1) is 28.6. The third-order valence-electron chi connectivity index (χ3n) is 7.47. The molecule has 0 heterocycles. The molecule has 0 saturated carbocycles. The van der Waals surface area contributed by atoms with Crippen molar-refractivity contribution >= 4 is 61.8 Å². The fraction of sp³-hybridized carbons (Fsp3) is 1.00. The molecule has 5 heteroatoms. The molecular formula is C19H49BOSn3.